The number of nitrogens with one attached hydrogen (secondary N) is 1. The number of ether oxygens (including phenoxy) is 1. The third-order valence-corrected chi connectivity index (χ3v) is 7.20. The summed E-state index contributed by atoms with van der Waals surface area (Å²) in [6.45, 7) is 7.34. The Labute approximate surface area is 223 Å². The van der Waals surface area contributed by atoms with E-state index in [-0.39, 0.29) is 0 Å². The quantitative estimate of drug-likeness (QED) is 0.254. The number of benzene rings is 2. The first-order valence-corrected chi connectivity index (χ1v) is 13.6. The fourth-order valence-corrected chi connectivity index (χ4v) is 5.14. The van der Waals surface area contributed by atoms with Gasteiger partial charge in [-0.2, -0.15) is 20.1 Å². The van der Waals surface area contributed by atoms with Crippen molar-refractivity contribution >= 4 is 35.0 Å². The molecule has 2 aliphatic rings. The average molecular weight is 511 g/mol. The molecule has 2 saturated heterocycles. The topological polar surface area (TPSA) is 83.7 Å². The second-order valence-corrected chi connectivity index (χ2v) is 9.97. The molecule has 0 atom stereocenters. The molecule has 38 heavy (non-hydrogen) atoms. The Morgan fingerprint density at radius 2 is 1.53 bits per heavy atom. The van der Waals surface area contributed by atoms with Crippen LogP contribution in [0.15, 0.2) is 59.8 Å². The van der Waals surface area contributed by atoms with Gasteiger partial charge in [0, 0.05) is 48.8 Å². The van der Waals surface area contributed by atoms with E-state index in [1.807, 2.05) is 18.3 Å². The minimum atomic E-state index is 0.482. The molecule has 0 bridgehead atoms. The molecule has 9 nitrogen and oxygen atoms in total. The summed E-state index contributed by atoms with van der Waals surface area (Å²) >= 11 is 0. The van der Waals surface area contributed by atoms with Gasteiger partial charge >= 0.3 is 0 Å². The van der Waals surface area contributed by atoms with Gasteiger partial charge in [0.25, 0.3) is 0 Å². The minimum absolute atomic E-state index is 0.482. The maximum absolute atomic E-state index is 5.97. The number of fused-ring (bicyclic) bond motifs is 1. The first kappa shape index (κ1) is 24.2. The summed E-state index contributed by atoms with van der Waals surface area (Å²) in [6, 6.07) is 16.5. The van der Waals surface area contributed by atoms with Crippen molar-refractivity contribution in [3.63, 3.8) is 0 Å². The Morgan fingerprint density at radius 3 is 2.21 bits per heavy atom. The van der Waals surface area contributed by atoms with Crippen LogP contribution < -0.4 is 20.0 Å². The van der Waals surface area contributed by atoms with Crippen molar-refractivity contribution < 1.29 is 4.74 Å². The van der Waals surface area contributed by atoms with Gasteiger partial charge in [0.2, 0.25) is 17.8 Å². The highest BCUT2D eigenvalue weighted by Crippen LogP contribution is 2.24. The van der Waals surface area contributed by atoms with Crippen molar-refractivity contribution in [2.45, 2.75) is 39.2 Å². The molecule has 0 unspecified atom stereocenters. The highest BCUT2D eigenvalue weighted by Gasteiger charge is 2.21. The number of hydrogen-bond donors (Lipinski definition) is 1. The lowest BCUT2D eigenvalue weighted by Crippen LogP contribution is -2.25. The van der Waals surface area contributed by atoms with Crippen LogP contribution in [0.4, 0.5) is 17.8 Å². The van der Waals surface area contributed by atoms with E-state index in [2.05, 4.69) is 74.4 Å². The molecule has 0 aliphatic carbocycles. The number of rotatable bonds is 9. The van der Waals surface area contributed by atoms with E-state index >= 15 is 0 Å². The Balaban J connectivity index is 1.18. The molecule has 4 heterocycles. The van der Waals surface area contributed by atoms with Gasteiger partial charge in [-0.05, 0) is 50.8 Å². The third-order valence-electron chi connectivity index (χ3n) is 7.20. The number of hydrogen-bond acceptors (Lipinski definition) is 8. The zero-order valence-electron chi connectivity index (χ0n) is 21.9. The summed E-state index contributed by atoms with van der Waals surface area (Å²) in [5.41, 5.74) is 6.48. The molecule has 2 aliphatic heterocycles. The smallest absolute Gasteiger partial charge is 0.250 e. The first-order chi connectivity index (χ1) is 18.7. The largest absolute Gasteiger partial charge is 0.492 e. The summed E-state index contributed by atoms with van der Waals surface area (Å²) in [5.74, 6) is 2.84. The Morgan fingerprint density at radius 1 is 0.868 bits per heavy atom. The molecule has 0 saturated carbocycles. The normalized spacial score (nSPS) is 15.7. The Hall–Kier alpha value is -4.14. The molecular formula is C29H34N8O. The van der Waals surface area contributed by atoms with Crippen LogP contribution in [0, 0.1) is 6.92 Å². The van der Waals surface area contributed by atoms with Crippen LogP contribution in [0.3, 0.4) is 0 Å². The maximum atomic E-state index is 5.97. The molecule has 196 valence electrons. The van der Waals surface area contributed by atoms with Crippen LogP contribution in [0.5, 0.6) is 5.75 Å². The lowest BCUT2D eigenvalue weighted by molar-refractivity contribution is 0.300. The molecule has 9 heteroatoms. The average Bonchev–Trinajstić information content (AvgIpc) is 3.72. The molecule has 2 aromatic carbocycles. The van der Waals surface area contributed by atoms with Gasteiger partial charge in [0.1, 0.15) is 12.4 Å². The van der Waals surface area contributed by atoms with Crippen molar-refractivity contribution in [3.05, 3.63) is 65.9 Å². The monoisotopic (exact) mass is 510 g/mol. The number of aryl methyl sites for hydroxylation is 1. The standard InChI is InChI=1S/C29H34N8O/c1-22-10-12-24(13-11-22)38-19-18-37-21-23(25-8-2-3-9-26(25)37)20-30-34-27-31-28(35-14-4-5-15-35)33-29(32-27)36-16-6-7-17-36/h2-3,8-13,20-21H,4-7,14-19H2,1H3,(H,31,32,33,34). The number of anilines is 3. The van der Waals surface area contributed by atoms with Crippen molar-refractivity contribution in [1.29, 1.82) is 0 Å². The molecule has 2 aromatic heterocycles. The van der Waals surface area contributed by atoms with E-state index in [9.17, 15) is 0 Å². The summed E-state index contributed by atoms with van der Waals surface area (Å²) in [4.78, 5) is 18.6. The van der Waals surface area contributed by atoms with Crippen LogP contribution in [0.25, 0.3) is 10.9 Å². The predicted octanol–water partition coefficient (Wildman–Crippen LogP) is 4.86. The summed E-state index contributed by atoms with van der Waals surface area (Å²) < 4.78 is 8.18. The molecule has 1 N–H and O–H groups in total. The molecule has 2 fully saturated rings. The van der Waals surface area contributed by atoms with Gasteiger partial charge in [-0.3, -0.25) is 0 Å². The van der Waals surface area contributed by atoms with Crippen molar-refractivity contribution in [2.24, 2.45) is 5.10 Å². The molecular weight excluding hydrogens is 476 g/mol. The number of aromatic nitrogens is 4. The number of nitrogens with zero attached hydrogens (tertiary/aromatic N) is 7. The van der Waals surface area contributed by atoms with Crippen LogP contribution in [0.2, 0.25) is 0 Å². The fourth-order valence-electron chi connectivity index (χ4n) is 5.14. The van der Waals surface area contributed by atoms with Crippen LogP contribution in [0.1, 0.15) is 36.8 Å². The van der Waals surface area contributed by atoms with E-state index in [4.69, 9.17) is 19.7 Å². The highest BCUT2D eigenvalue weighted by molar-refractivity contribution is 5.99. The van der Waals surface area contributed by atoms with Crippen molar-refractivity contribution in [2.75, 3.05) is 48.0 Å². The molecule has 0 radical (unpaired) electrons. The predicted molar refractivity (Wildman–Crippen MR) is 153 cm³/mol. The molecule has 0 amide bonds. The Bertz CT molecular complexity index is 1370. The zero-order chi connectivity index (χ0) is 25.7. The lowest BCUT2D eigenvalue weighted by atomic mass is 10.2. The highest BCUT2D eigenvalue weighted by atomic mass is 16.5. The first-order valence-electron chi connectivity index (χ1n) is 13.6. The zero-order valence-corrected chi connectivity index (χ0v) is 21.9. The van der Waals surface area contributed by atoms with Crippen LogP contribution in [-0.4, -0.2) is 58.5 Å². The minimum Gasteiger partial charge on any atom is -0.492 e. The fraction of sp³-hybridized carbons (Fsp3) is 0.379. The lowest BCUT2D eigenvalue weighted by Gasteiger charge is -2.20. The van der Waals surface area contributed by atoms with Crippen LogP contribution in [-0.2, 0) is 6.54 Å². The second kappa shape index (κ2) is 11.1. The third kappa shape index (κ3) is 5.41. The van der Waals surface area contributed by atoms with E-state index in [1.54, 1.807) is 0 Å². The van der Waals surface area contributed by atoms with Crippen LogP contribution >= 0.6 is 0 Å². The molecule has 4 aromatic rings. The van der Waals surface area contributed by atoms with E-state index in [1.165, 1.54) is 31.2 Å². The summed E-state index contributed by atoms with van der Waals surface area (Å²) in [6.07, 6.45) is 8.65. The van der Waals surface area contributed by atoms with Gasteiger partial charge in [0.15, 0.2) is 0 Å². The van der Waals surface area contributed by atoms with Gasteiger partial charge in [0.05, 0.1) is 12.8 Å². The SMILES string of the molecule is Cc1ccc(OCCn2cc(C=NNc3nc(N4CCCC4)nc(N4CCCC4)n3)c3ccccc32)cc1. The summed E-state index contributed by atoms with van der Waals surface area (Å²) in [5, 5.41) is 5.68. The Kier molecular flexibility index (Phi) is 7.06. The van der Waals surface area contributed by atoms with Gasteiger partial charge in [-0.15, -0.1) is 0 Å². The van der Waals surface area contributed by atoms with E-state index in [0.717, 1.165) is 66.8 Å². The van der Waals surface area contributed by atoms with Gasteiger partial charge < -0.3 is 19.1 Å². The summed E-state index contributed by atoms with van der Waals surface area (Å²) in [7, 11) is 0. The maximum Gasteiger partial charge on any atom is 0.250 e. The van der Waals surface area contributed by atoms with Crippen molar-refractivity contribution in [1.82, 2.24) is 19.5 Å². The van der Waals surface area contributed by atoms with E-state index in [0.29, 0.717) is 12.6 Å². The van der Waals surface area contributed by atoms with Crippen molar-refractivity contribution in [3.8, 4) is 5.75 Å². The number of para-hydroxylation sites is 1. The molecule has 6 rings (SSSR count). The second-order valence-electron chi connectivity index (χ2n) is 9.97. The number of hydrazone groups is 1. The van der Waals surface area contributed by atoms with E-state index < -0.39 is 0 Å². The molecule has 0 spiro atoms. The van der Waals surface area contributed by atoms with Gasteiger partial charge in [-0.25, -0.2) is 5.43 Å². The van der Waals surface area contributed by atoms with Gasteiger partial charge in [-0.1, -0.05) is 35.9 Å².